The lowest BCUT2D eigenvalue weighted by atomic mass is 10.1. The molecule has 1 aliphatic rings. The molecule has 5 nitrogen and oxygen atoms in total. The third-order valence-corrected chi connectivity index (χ3v) is 5.12. The molecule has 0 bridgehead atoms. The van der Waals surface area contributed by atoms with Crippen molar-refractivity contribution in [1.82, 2.24) is 4.90 Å². The summed E-state index contributed by atoms with van der Waals surface area (Å²) in [6.45, 7) is 7.31. The van der Waals surface area contributed by atoms with Crippen LogP contribution in [0.2, 0.25) is 0 Å². The minimum atomic E-state index is -0.0126. The highest BCUT2D eigenvalue weighted by atomic mass is 16.5. The number of piperazine rings is 1. The molecule has 5 heteroatoms. The van der Waals surface area contributed by atoms with Gasteiger partial charge in [0.2, 0.25) is 0 Å². The molecule has 138 valence electrons. The van der Waals surface area contributed by atoms with Crippen molar-refractivity contribution >= 4 is 11.6 Å². The van der Waals surface area contributed by atoms with E-state index in [2.05, 4.69) is 36.9 Å². The van der Waals surface area contributed by atoms with E-state index in [1.807, 2.05) is 11.0 Å². The average Bonchev–Trinajstić information content (AvgIpc) is 2.69. The summed E-state index contributed by atoms with van der Waals surface area (Å²) >= 11 is 0. The van der Waals surface area contributed by atoms with Gasteiger partial charge in [0.05, 0.1) is 19.8 Å². The number of carbonyl (C=O) groups is 1. The molecule has 26 heavy (non-hydrogen) atoms. The van der Waals surface area contributed by atoms with E-state index in [0.717, 1.165) is 13.1 Å². The Morgan fingerprint density at radius 1 is 0.923 bits per heavy atom. The van der Waals surface area contributed by atoms with Crippen LogP contribution in [-0.4, -0.2) is 51.2 Å². The molecule has 2 aromatic carbocycles. The minimum Gasteiger partial charge on any atom is -0.493 e. The van der Waals surface area contributed by atoms with Gasteiger partial charge >= 0.3 is 0 Å². The van der Waals surface area contributed by atoms with Gasteiger partial charge in [-0.3, -0.25) is 4.79 Å². The normalized spacial score (nSPS) is 14.3. The van der Waals surface area contributed by atoms with Crippen LogP contribution in [0.4, 0.5) is 5.69 Å². The van der Waals surface area contributed by atoms with Crippen molar-refractivity contribution in [1.29, 1.82) is 0 Å². The van der Waals surface area contributed by atoms with E-state index in [1.165, 1.54) is 16.8 Å². The summed E-state index contributed by atoms with van der Waals surface area (Å²) in [5.74, 6) is 1.06. The van der Waals surface area contributed by atoms with Crippen molar-refractivity contribution in [3.05, 3.63) is 53.1 Å². The number of methoxy groups -OCH3 is 2. The van der Waals surface area contributed by atoms with Gasteiger partial charge in [-0.05, 0) is 43.2 Å². The van der Waals surface area contributed by atoms with E-state index >= 15 is 0 Å². The maximum absolute atomic E-state index is 13.0. The highest BCUT2D eigenvalue weighted by Gasteiger charge is 2.26. The highest BCUT2D eigenvalue weighted by Crippen LogP contribution is 2.32. The number of rotatable bonds is 4. The molecular formula is C21H26N2O3. The molecule has 0 unspecified atom stereocenters. The molecule has 0 atom stereocenters. The van der Waals surface area contributed by atoms with Crippen LogP contribution in [0.1, 0.15) is 21.5 Å². The second kappa shape index (κ2) is 7.68. The van der Waals surface area contributed by atoms with Gasteiger partial charge in [-0.25, -0.2) is 0 Å². The summed E-state index contributed by atoms with van der Waals surface area (Å²) in [5.41, 5.74) is 4.41. The fraction of sp³-hybridized carbons (Fsp3) is 0.381. The summed E-state index contributed by atoms with van der Waals surface area (Å²) in [6.07, 6.45) is 0. The number of aryl methyl sites for hydroxylation is 1. The second-order valence-electron chi connectivity index (χ2n) is 6.54. The number of hydrogen-bond donors (Lipinski definition) is 0. The molecule has 0 N–H and O–H groups in total. The van der Waals surface area contributed by atoms with E-state index in [0.29, 0.717) is 30.2 Å². The number of hydrogen-bond acceptors (Lipinski definition) is 4. The van der Waals surface area contributed by atoms with Gasteiger partial charge < -0.3 is 19.3 Å². The van der Waals surface area contributed by atoms with Crippen molar-refractivity contribution in [2.75, 3.05) is 45.3 Å². The summed E-state index contributed by atoms with van der Waals surface area (Å²) in [4.78, 5) is 17.2. The number of carbonyl (C=O) groups excluding carboxylic acids is 1. The van der Waals surface area contributed by atoms with Crippen molar-refractivity contribution in [2.24, 2.45) is 0 Å². The Labute approximate surface area is 155 Å². The Morgan fingerprint density at radius 3 is 2.27 bits per heavy atom. The molecule has 0 saturated carbocycles. The first-order chi connectivity index (χ1) is 12.6. The maximum Gasteiger partial charge on any atom is 0.257 e. The average molecular weight is 354 g/mol. The Hall–Kier alpha value is -2.69. The Balaban J connectivity index is 1.74. The summed E-state index contributed by atoms with van der Waals surface area (Å²) in [6, 6.07) is 11.8. The van der Waals surface area contributed by atoms with Gasteiger partial charge in [-0.1, -0.05) is 18.2 Å². The van der Waals surface area contributed by atoms with Crippen LogP contribution in [0, 0.1) is 13.8 Å². The lowest BCUT2D eigenvalue weighted by Crippen LogP contribution is -2.49. The first-order valence-electron chi connectivity index (χ1n) is 8.88. The third kappa shape index (κ3) is 3.34. The largest absolute Gasteiger partial charge is 0.493 e. The first-order valence-corrected chi connectivity index (χ1v) is 8.88. The standard InChI is InChI=1S/C21H26N2O3/c1-15-7-5-9-18(16(15)2)22-11-13-23(14-12-22)21(24)17-8-6-10-19(25-3)20(17)26-4/h5-10H,11-14H2,1-4H3. The molecule has 0 radical (unpaired) electrons. The quantitative estimate of drug-likeness (QED) is 0.845. The molecule has 0 aromatic heterocycles. The molecule has 3 rings (SSSR count). The van der Waals surface area contributed by atoms with Crippen LogP contribution in [0.15, 0.2) is 36.4 Å². The molecule has 2 aromatic rings. The van der Waals surface area contributed by atoms with Crippen LogP contribution in [0.3, 0.4) is 0 Å². The zero-order chi connectivity index (χ0) is 18.7. The predicted molar refractivity (Wildman–Crippen MR) is 104 cm³/mol. The molecular weight excluding hydrogens is 328 g/mol. The van der Waals surface area contributed by atoms with Crippen LogP contribution in [0.5, 0.6) is 11.5 Å². The summed E-state index contributed by atoms with van der Waals surface area (Å²) in [7, 11) is 3.14. The SMILES string of the molecule is COc1cccc(C(=O)N2CCN(c3cccc(C)c3C)CC2)c1OC. The number of ether oxygens (including phenoxy) is 2. The highest BCUT2D eigenvalue weighted by molar-refractivity contribution is 5.98. The van der Waals surface area contributed by atoms with E-state index < -0.39 is 0 Å². The van der Waals surface area contributed by atoms with E-state index in [1.54, 1.807) is 26.4 Å². The fourth-order valence-corrected chi connectivity index (χ4v) is 3.45. The first kappa shape index (κ1) is 18.1. The van der Waals surface area contributed by atoms with Gasteiger partial charge in [0.15, 0.2) is 11.5 Å². The molecule has 1 fully saturated rings. The number of para-hydroxylation sites is 1. The topological polar surface area (TPSA) is 42.0 Å². The monoisotopic (exact) mass is 354 g/mol. The van der Waals surface area contributed by atoms with Gasteiger partial charge in [0.25, 0.3) is 5.91 Å². The molecule has 1 saturated heterocycles. The van der Waals surface area contributed by atoms with E-state index in [9.17, 15) is 4.79 Å². The van der Waals surface area contributed by atoms with Gasteiger partial charge in [-0.15, -0.1) is 0 Å². The zero-order valence-corrected chi connectivity index (χ0v) is 15.9. The van der Waals surface area contributed by atoms with Crippen molar-refractivity contribution in [2.45, 2.75) is 13.8 Å². The van der Waals surface area contributed by atoms with E-state index in [4.69, 9.17) is 9.47 Å². The Morgan fingerprint density at radius 2 is 1.62 bits per heavy atom. The number of anilines is 1. The Kier molecular flexibility index (Phi) is 5.35. The van der Waals surface area contributed by atoms with Crippen molar-refractivity contribution < 1.29 is 14.3 Å². The van der Waals surface area contributed by atoms with Crippen LogP contribution < -0.4 is 14.4 Å². The van der Waals surface area contributed by atoms with Gasteiger partial charge in [0, 0.05) is 31.9 Å². The zero-order valence-electron chi connectivity index (χ0n) is 15.9. The predicted octanol–water partition coefficient (Wildman–Crippen LogP) is 3.28. The van der Waals surface area contributed by atoms with Crippen molar-refractivity contribution in [3.8, 4) is 11.5 Å². The van der Waals surface area contributed by atoms with Gasteiger partial charge in [-0.2, -0.15) is 0 Å². The van der Waals surface area contributed by atoms with Crippen LogP contribution in [0.25, 0.3) is 0 Å². The lowest BCUT2D eigenvalue weighted by Gasteiger charge is -2.37. The molecule has 0 spiro atoms. The minimum absolute atomic E-state index is 0.0126. The molecule has 1 heterocycles. The number of amides is 1. The number of nitrogens with zero attached hydrogens (tertiary/aromatic N) is 2. The van der Waals surface area contributed by atoms with Crippen molar-refractivity contribution in [3.63, 3.8) is 0 Å². The number of benzene rings is 2. The fourth-order valence-electron chi connectivity index (χ4n) is 3.45. The Bertz CT molecular complexity index is 796. The maximum atomic E-state index is 13.0. The molecule has 1 amide bonds. The second-order valence-corrected chi connectivity index (χ2v) is 6.54. The third-order valence-electron chi connectivity index (χ3n) is 5.12. The molecule has 1 aliphatic heterocycles. The molecule has 0 aliphatic carbocycles. The smallest absolute Gasteiger partial charge is 0.257 e. The lowest BCUT2D eigenvalue weighted by molar-refractivity contribution is 0.0742. The van der Waals surface area contributed by atoms with Crippen LogP contribution >= 0.6 is 0 Å². The van der Waals surface area contributed by atoms with Crippen LogP contribution in [-0.2, 0) is 0 Å². The van der Waals surface area contributed by atoms with Gasteiger partial charge in [0.1, 0.15) is 0 Å². The summed E-state index contributed by atoms with van der Waals surface area (Å²) < 4.78 is 10.7. The summed E-state index contributed by atoms with van der Waals surface area (Å²) in [5, 5.41) is 0. The van der Waals surface area contributed by atoms with E-state index in [-0.39, 0.29) is 5.91 Å².